The molecule has 1 N–H and O–H groups in total. The molecule has 0 heterocycles. The summed E-state index contributed by atoms with van der Waals surface area (Å²) in [5.74, 6) is 6.36. The minimum atomic E-state index is 0.335. The lowest BCUT2D eigenvalue weighted by molar-refractivity contribution is 0.282. The summed E-state index contributed by atoms with van der Waals surface area (Å²) < 4.78 is 0. The fourth-order valence-corrected chi connectivity index (χ4v) is 1.12. The van der Waals surface area contributed by atoms with E-state index >= 15 is 0 Å². The van der Waals surface area contributed by atoms with E-state index in [0.29, 0.717) is 6.61 Å². The van der Waals surface area contributed by atoms with Crippen LogP contribution in [0.15, 0.2) is 0 Å². The van der Waals surface area contributed by atoms with Crippen LogP contribution in [0.4, 0.5) is 0 Å². The molecule has 0 saturated carbocycles. The molecule has 0 aromatic rings. The van der Waals surface area contributed by atoms with Crippen LogP contribution in [0.2, 0.25) is 0 Å². The van der Waals surface area contributed by atoms with Crippen molar-refractivity contribution >= 4 is 0 Å². The van der Waals surface area contributed by atoms with E-state index in [1.807, 2.05) is 0 Å². The van der Waals surface area contributed by atoms with Gasteiger partial charge in [-0.05, 0) is 19.3 Å². The van der Waals surface area contributed by atoms with Crippen LogP contribution in [0, 0.1) is 11.8 Å². The topological polar surface area (TPSA) is 20.2 Å². The molecule has 1 nitrogen and oxygen atoms in total. The highest BCUT2D eigenvalue weighted by atomic mass is 16.2. The van der Waals surface area contributed by atoms with E-state index in [1.165, 1.54) is 25.7 Å². The Labute approximate surface area is 82.5 Å². The molecule has 0 aromatic heterocycles. The van der Waals surface area contributed by atoms with Crippen molar-refractivity contribution in [1.82, 2.24) is 0 Å². The first-order chi connectivity index (χ1) is 6.41. The first-order valence-corrected chi connectivity index (χ1v) is 5.48. The lowest BCUT2D eigenvalue weighted by Gasteiger charge is -1.94. The van der Waals surface area contributed by atoms with Crippen LogP contribution in [0.5, 0.6) is 0 Å². The van der Waals surface area contributed by atoms with Crippen LogP contribution in [-0.4, -0.2) is 11.7 Å². The normalized spacial score (nSPS) is 9.38. The smallest absolute Gasteiger partial charge is 0.0431 e. The molecule has 13 heavy (non-hydrogen) atoms. The maximum absolute atomic E-state index is 8.54. The van der Waals surface area contributed by atoms with Gasteiger partial charge in [-0.1, -0.05) is 26.2 Å². The molecular formula is C12H22O. The van der Waals surface area contributed by atoms with Crippen molar-refractivity contribution in [3.8, 4) is 11.8 Å². The molecule has 0 fully saturated rings. The number of aliphatic hydroxyl groups excluding tert-OH is 1. The molecule has 0 aliphatic carbocycles. The van der Waals surface area contributed by atoms with Crippen LogP contribution >= 0.6 is 0 Å². The molecule has 0 amide bonds. The van der Waals surface area contributed by atoms with E-state index in [2.05, 4.69) is 18.8 Å². The standard InChI is InChI=1S/C12H22O/c1-2-3-4-5-6-7-8-9-10-11-12-13/h13H,2-4,7-12H2,1H3. The van der Waals surface area contributed by atoms with Gasteiger partial charge in [0.05, 0.1) is 0 Å². The highest BCUT2D eigenvalue weighted by molar-refractivity contribution is 4.98. The van der Waals surface area contributed by atoms with Crippen molar-refractivity contribution in [3.05, 3.63) is 0 Å². The zero-order valence-electron chi connectivity index (χ0n) is 8.81. The van der Waals surface area contributed by atoms with Gasteiger partial charge < -0.3 is 5.11 Å². The zero-order valence-corrected chi connectivity index (χ0v) is 8.81. The Morgan fingerprint density at radius 1 is 0.846 bits per heavy atom. The lowest BCUT2D eigenvalue weighted by atomic mass is 10.1. The van der Waals surface area contributed by atoms with E-state index < -0.39 is 0 Å². The van der Waals surface area contributed by atoms with Gasteiger partial charge in [0.2, 0.25) is 0 Å². The van der Waals surface area contributed by atoms with Crippen LogP contribution < -0.4 is 0 Å². The van der Waals surface area contributed by atoms with Crippen LogP contribution in [0.25, 0.3) is 0 Å². The maximum atomic E-state index is 8.54. The van der Waals surface area contributed by atoms with E-state index in [-0.39, 0.29) is 0 Å². The van der Waals surface area contributed by atoms with Gasteiger partial charge in [0.15, 0.2) is 0 Å². The van der Waals surface area contributed by atoms with Crippen molar-refractivity contribution in [2.75, 3.05) is 6.61 Å². The van der Waals surface area contributed by atoms with Gasteiger partial charge in [-0.25, -0.2) is 0 Å². The van der Waals surface area contributed by atoms with Crippen molar-refractivity contribution in [1.29, 1.82) is 0 Å². The molecule has 0 aromatic carbocycles. The molecule has 0 saturated heterocycles. The van der Waals surface area contributed by atoms with Crippen LogP contribution in [-0.2, 0) is 0 Å². The van der Waals surface area contributed by atoms with Gasteiger partial charge in [0, 0.05) is 19.4 Å². The average molecular weight is 182 g/mol. The van der Waals surface area contributed by atoms with Gasteiger partial charge in [-0.15, -0.1) is 11.8 Å². The Kier molecular flexibility index (Phi) is 11.1. The largest absolute Gasteiger partial charge is 0.396 e. The molecule has 0 bridgehead atoms. The van der Waals surface area contributed by atoms with E-state index in [0.717, 1.165) is 25.7 Å². The number of unbranched alkanes of at least 4 members (excludes halogenated alkanes) is 6. The summed E-state index contributed by atoms with van der Waals surface area (Å²) in [6, 6.07) is 0. The van der Waals surface area contributed by atoms with Crippen molar-refractivity contribution < 1.29 is 5.11 Å². The summed E-state index contributed by atoms with van der Waals surface area (Å²) in [6.45, 7) is 2.53. The van der Waals surface area contributed by atoms with Crippen LogP contribution in [0.1, 0.15) is 58.3 Å². The fourth-order valence-electron chi connectivity index (χ4n) is 1.12. The fraction of sp³-hybridized carbons (Fsp3) is 0.833. The average Bonchev–Trinajstić information content (AvgIpc) is 2.16. The molecule has 0 unspecified atom stereocenters. The van der Waals surface area contributed by atoms with E-state index in [1.54, 1.807) is 0 Å². The van der Waals surface area contributed by atoms with Gasteiger partial charge in [-0.3, -0.25) is 0 Å². The quantitative estimate of drug-likeness (QED) is 0.474. The molecule has 0 aliphatic heterocycles. The summed E-state index contributed by atoms with van der Waals surface area (Å²) in [5.41, 5.74) is 0. The SMILES string of the molecule is CCCCC#CCCCCCCO. The minimum Gasteiger partial charge on any atom is -0.396 e. The summed E-state index contributed by atoms with van der Waals surface area (Å²) in [6.07, 6.45) is 9.07. The summed E-state index contributed by atoms with van der Waals surface area (Å²) in [5, 5.41) is 8.54. The molecular weight excluding hydrogens is 160 g/mol. The Morgan fingerprint density at radius 3 is 2.08 bits per heavy atom. The number of hydrogen-bond donors (Lipinski definition) is 1. The second-order valence-corrected chi connectivity index (χ2v) is 3.34. The Bertz CT molecular complexity index is 141. The summed E-state index contributed by atoms with van der Waals surface area (Å²) >= 11 is 0. The van der Waals surface area contributed by atoms with Gasteiger partial charge in [0.1, 0.15) is 0 Å². The highest BCUT2D eigenvalue weighted by Crippen LogP contribution is 2.01. The Balaban J connectivity index is 2.99. The number of aliphatic hydroxyl groups is 1. The van der Waals surface area contributed by atoms with Crippen molar-refractivity contribution in [2.45, 2.75) is 58.3 Å². The number of hydrogen-bond acceptors (Lipinski definition) is 1. The van der Waals surface area contributed by atoms with Gasteiger partial charge in [0.25, 0.3) is 0 Å². The summed E-state index contributed by atoms with van der Waals surface area (Å²) in [7, 11) is 0. The second kappa shape index (κ2) is 11.5. The molecule has 0 atom stereocenters. The van der Waals surface area contributed by atoms with Gasteiger partial charge >= 0.3 is 0 Å². The van der Waals surface area contributed by atoms with E-state index in [4.69, 9.17) is 5.11 Å². The molecule has 1 heteroatoms. The van der Waals surface area contributed by atoms with Crippen molar-refractivity contribution in [3.63, 3.8) is 0 Å². The van der Waals surface area contributed by atoms with E-state index in [9.17, 15) is 0 Å². The predicted molar refractivity (Wildman–Crippen MR) is 57.5 cm³/mol. The zero-order chi connectivity index (χ0) is 9.78. The third kappa shape index (κ3) is 11.5. The number of rotatable bonds is 7. The predicted octanol–water partition coefficient (Wildman–Crippen LogP) is 3.12. The molecule has 0 spiro atoms. The molecule has 0 rings (SSSR count). The monoisotopic (exact) mass is 182 g/mol. The Morgan fingerprint density at radius 2 is 1.46 bits per heavy atom. The minimum absolute atomic E-state index is 0.335. The lowest BCUT2D eigenvalue weighted by Crippen LogP contribution is -1.82. The van der Waals surface area contributed by atoms with Gasteiger partial charge in [-0.2, -0.15) is 0 Å². The van der Waals surface area contributed by atoms with Crippen LogP contribution in [0.3, 0.4) is 0 Å². The maximum Gasteiger partial charge on any atom is 0.0431 e. The molecule has 76 valence electrons. The molecule has 0 aliphatic rings. The first kappa shape index (κ1) is 12.5. The Hall–Kier alpha value is -0.480. The highest BCUT2D eigenvalue weighted by Gasteiger charge is 1.86. The third-order valence-electron chi connectivity index (χ3n) is 1.99. The second-order valence-electron chi connectivity index (χ2n) is 3.34. The third-order valence-corrected chi connectivity index (χ3v) is 1.99. The first-order valence-electron chi connectivity index (χ1n) is 5.48. The summed E-state index contributed by atoms with van der Waals surface area (Å²) in [4.78, 5) is 0. The van der Waals surface area contributed by atoms with Crippen molar-refractivity contribution in [2.24, 2.45) is 0 Å². The molecule has 0 radical (unpaired) electrons.